The van der Waals surface area contributed by atoms with Crippen LogP contribution in [-0.2, 0) is 14.1 Å². The van der Waals surface area contributed by atoms with E-state index in [0.29, 0.717) is 22.8 Å². The fourth-order valence-corrected chi connectivity index (χ4v) is 2.56. The van der Waals surface area contributed by atoms with Crippen LogP contribution in [0.5, 0.6) is 0 Å². The van der Waals surface area contributed by atoms with E-state index in [-0.39, 0.29) is 5.56 Å². The number of nitrogens with zero attached hydrogens (tertiary/aromatic N) is 5. The minimum atomic E-state index is -0.0987. The van der Waals surface area contributed by atoms with E-state index in [1.807, 2.05) is 31.3 Å². The highest BCUT2D eigenvalue weighted by Gasteiger charge is 2.16. The van der Waals surface area contributed by atoms with Crippen molar-refractivity contribution < 1.29 is 4.52 Å². The van der Waals surface area contributed by atoms with Gasteiger partial charge in [0, 0.05) is 19.5 Å². The average molecular weight is 307 g/mol. The van der Waals surface area contributed by atoms with E-state index in [9.17, 15) is 4.79 Å². The molecule has 23 heavy (non-hydrogen) atoms. The van der Waals surface area contributed by atoms with Crippen molar-refractivity contribution in [1.29, 1.82) is 0 Å². The standard InChI is InChI=1S/C16H13N5O2/c1-20-9-17-8-13(20)14-18-15(23-19-14)12-7-10-5-3-4-6-11(10)16(22)21(12)2/h3-9H,1-2H3. The summed E-state index contributed by atoms with van der Waals surface area (Å²) in [6.45, 7) is 0. The summed E-state index contributed by atoms with van der Waals surface area (Å²) in [5.41, 5.74) is 1.22. The van der Waals surface area contributed by atoms with Gasteiger partial charge in [-0.25, -0.2) is 4.98 Å². The van der Waals surface area contributed by atoms with E-state index in [1.54, 1.807) is 30.2 Å². The summed E-state index contributed by atoms with van der Waals surface area (Å²) in [6.07, 6.45) is 3.32. The molecule has 0 spiro atoms. The van der Waals surface area contributed by atoms with Gasteiger partial charge in [-0.05, 0) is 17.5 Å². The largest absolute Gasteiger partial charge is 0.332 e. The van der Waals surface area contributed by atoms with Crippen LogP contribution in [0.4, 0.5) is 0 Å². The van der Waals surface area contributed by atoms with Gasteiger partial charge in [0.15, 0.2) is 0 Å². The number of aryl methyl sites for hydroxylation is 1. The molecule has 1 aromatic carbocycles. The first kappa shape index (κ1) is 13.4. The third-order valence-corrected chi connectivity index (χ3v) is 3.84. The fraction of sp³-hybridized carbons (Fsp3) is 0.125. The predicted octanol–water partition coefficient (Wildman–Crippen LogP) is 1.99. The molecular weight excluding hydrogens is 294 g/mol. The normalized spacial score (nSPS) is 11.2. The SMILES string of the molecule is Cn1cncc1-c1noc(-c2cc3ccccc3c(=O)n2C)n1. The van der Waals surface area contributed by atoms with Crippen LogP contribution in [0, 0.1) is 0 Å². The van der Waals surface area contributed by atoms with Crippen molar-refractivity contribution in [2.75, 3.05) is 0 Å². The molecule has 4 aromatic rings. The molecule has 3 aromatic heterocycles. The summed E-state index contributed by atoms with van der Waals surface area (Å²) in [5, 5.41) is 5.48. The first-order chi connectivity index (χ1) is 11.1. The van der Waals surface area contributed by atoms with Crippen molar-refractivity contribution in [3.63, 3.8) is 0 Å². The summed E-state index contributed by atoms with van der Waals surface area (Å²) in [6, 6.07) is 9.29. The number of pyridine rings is 1. The fourth-order valence-electron chi connectivity index (χ4n) is 2.56. The van der Waals surface area contributed by atoms with Gasteiger partial charge in [-0.1, -0.05) is 23.4 Å². The molecule has 0 saturated heterocycles. The van der Waals surface area contributed by atoms with Crippen LogP contribution in [0.3, 0.4) is 0 Å². The summed E-state index contributed by atoms with van der Waals surface area (Å²) in [7, 11) is 3.54. The lowest BCUT2D eigenvalue weighted by Gasteiger charge is -2.06. The van der Waals surface area contributed by atoms with Gasteiger partial charge in [-0.2, -0.15) is 4.98 Å². The minimum absolute atomic E-state index is 0.0987. The van der Waals surface area contributed by atoms with Crippen LogP contribution in [0.15, 0.2) is 52.2 Å². The summed E-state index contributed by atoms with van der Waals surface area (Å²) >= 11 is 0. The highest BCUT2D eigenvalue weighted by Crippen LogP contribution is 2.23. The van der Waals surface area contributed by atoms with Crippen LogP contribution >= 0.6 is 0 Å². The second-order valence-electron chi connectivity index (χ2n) is 5.29. The second kappa shape index (κ2) is 4.91. The molecule has 0 radical (unpaired) electrons. The average Bonchev–Trinajstić information content (AvgIpc) is 3.19. The molecule has 0 bridgehead atoms. The third kappa shape index (κ3) is 2.05. The summed E-state index contributed by atoms with van der Waals surface area (Å²) in [4.78, 5) is 20.9. The van der Waals surface area contributed by atoms with Crippen LogP contribution < -0.4 is 5.56 Å². The Balaban J connectivity index is 1.90. The van der Waals surface area contributed by atoms with E-state index in [0.717, 1.165) is 11.1 Å². The third-order valence-electron chi connectivity index (χ3n) is 3.84. The lowest BCUT2D eigenvalue weighted by molar-refractivity contribution is 0.428. The van der Waals surface area contributed by atoms with Crippen LogP contribution in [0.25, 0.3) is 33.9 Å². The zero-order chi connectivity index (χ0) is 16.0. The molecule has 7 heteroatoms. The Bertz CT molecular complexity index is 1070. The number of rotatable bonds is 2. The smallest absolute Gasteiger partial charge is 0.275 e. The van der Waals surface area contributed by atoms with Gasteiger partial charge in [0.05, 0.1) is 12.5 Å². The highest BCUT2D eigenvalue weighted by atomic mass is 16.5. The van der Waals surface area contributed by atoms with Gasteiger partial charge in [0.1, 0.15) is 11.4 Å². The van der Waals surface area contributed by atoms with Gasteiger partial charge < -0.3 is 13.7 Å². The Labute approximate surface area is 130 Å². The predicted molar refractivity (Wildman–Crippen MR) is 84.7 cm³/mol. The maximum atomic E-state index is 12.5. The molecule has 4 rings (SSSR count). The Morgan fingerprint density at radius 1 is 1.13 bits per heavy atom. The molecule has 0 fully saturated rings. The molecule has 0 N–H and O–H groups in total. The zero-order valence-corrected chi connectivity index (χ0v) is 12.6. The number of benzene rings is 1. The van der Waals surface area contributed by atoms with Gasteiger partial charge in [0.2, 0.25) is 5.82 Å². The van der Waals surface area contributed by atoms with E-state index in [1.165, 1.54) is 4.57 Å². The van der Waals surface area contributed by atoms with E-state index in [4.69, 9.17) is 4.52 Å². The maximum Gasteiger partial charge on any atom is 0.275 e. The molecule has 0 saturated carbocycles. The maximum absolute atomic E-state index is 12.5. The number of hydrogen-bond donors (Lipinski definition) is 0. The Morgan fingerprint density at radius 3 is 2.74 bits per heavy atom. The van der Waals surface area contributed by atoms with Gasteiger partial charge >= 0.3 is 0 Å². The summed E-state index contributed by atoms with van der Waals surface area (Å²) in [5.74, 6) is 0.729. The van der Waals surface area contributed by atoms with E-state index < -0.39 is 0 Å². The van der Waals surface area contributed by atoms with Gasteiger partial charge in [0.25, 0.3) is 11.4 Å². The van der Waals surface area contributed by atoms with Crippen molar-refractivity contribution in [2.45, 2.75) is 0 Å². The topological polar surface area (TPSA) is 78.7 Å². The lowest BCUT2D eigenvalue weighted by atomic mass is 10.1. The van der Waals surface area contributed by atoms with Crippen LogP contribution in [0.1, 0.15) is 0 Å². The first-order valence-corrected chi connectivity index (χ1v) is 7.04. The molecule has 0 amide bonds. The quantitative estimate of drug-likeness (QED) is 0.566. The number of fused-ring (bicyclic) bond motifs is 1. The van der Waals surface area contributed by atoms with Gasteiger partial charge in [-0.3, -0.25) is 4.79 Å². The van der Waals surface area contributed by atoms with Crippen molar-refractivity contribution >= 4 is 10.8 Å². The number of imidazole rings is 1. The first-order valence-electron chi connectivity index (χ1n) is 7.04. The molecule has 0 aliphatic heterocycles. The molecule has 3 heterocycles. The van der Waals surface area contributed by atoms with Crippen molar-refractivity contribution in [3.8, 4) is 23.1 Å². The van der Waals surface area contributed by atoms with Crippen LogP contribution in [0.2, 0.25) is 0 Å². The summed E-state index contributed by atoms with van der Waals surface area (Å²) < 4.78 is 8.67. The monoisotopic (exact) mass is 307 g/mol. The van der Waals surface area contributed by atoms with Gasteiger partial charge in [-0.15, -0.1) is 0 Å². The lowest BCUT2D eigenvalue weighted by Crippen LogP contribution is -2.18. The molecule has 0 atom stereocenters. The van der Waals surface area contributed by atoms with Crippen molar-refractivity contribution in [2.24, 2.45) is 14.1 Å². The molecule has 7 nitrogen and oxygen atoms in total. The molecular formula is C16H13N5O2. The molecule has 0 aliphatic rings. The molecule has 0 unspecified atom stereocenters. The van der Waals surface area contributed by atoms with Crippen molar-refractivity contribution in [1.82, 2.24) is 24.3 Å². The number of aromatic nitrogens is 5. The number of hydrogen-bond acceptors (Lipinski definition) is 5. The molecule has 114 valence electrons. The van der Waals surface area contributed by atoms with Crippen molar-refractivity contribution in [3.05, 3.63) is 53.2 Å². The van der Waals surface area contributed by atoms with E-state index >= 15 is 0 Å². The Hall–Kier alpha value is -3.22. The molecule has 0 aliphatic carbocycles. The second-order valence-corrected chi connectivity index (χ2v) is 5.29. The minimum Gasteiger partial charge on any atom is -0.332 e. The zero-order valence-electron chi connectivity index (χ0n) is 12.6. The van der Waals surface area contributed by atoms with Crippen LogP contribution in [-0.4, -0.2) is 24.3 Å². The highest BCUT2D eigenvalue weighted by molar-refractivity contribution is 5.84. The van der Waals surface area contributed by atoms with E-state index in [2.05, 4.69) is 15.1 Å². The Kier molecular flexibility index (Phi) is 2.87. The Morgan fingerprint density at radius 2 is 1.96 bits per heavy atom.